The normalized spacial score (nSPS) is 15.7. The van der Waals surface area contributed by atoms with Crippen LogP contribution in [0.25, 0.3) is 32.1 Å². The van der Waals surface area contributed by atoms with Crippen LogP contribution in [0.3, 0.4) is 0 Å². The van der Waals surface area contributed by atoms with Gasteiger partial charge in [-0.05, 0) is 91.8 Å². The molecule has 0 aliphatic heterocycles. The molecular weight excluding hydrogens is 507 g/mol. The molecule has 0 amide bonds. The summed E-state index contributed by atoms with van der Waals surface area (Å²) in [5.74, 6) is 1.49. The standard InChI is InChI=1S/C36H49NSSi/c1-24(2)22-39(23-25(3)4,29-15-10-9-11-16-29)35-26(5)30-18-19-37-33(34(30)38-35)28-20-27-14-12-13-17-31(27)32(21-28)36(6,7)8/h12-14,17-21,24-25,29H,9-11,15-16,22-23H2,1-8H3. The van der Waals surface area contributed by atoms with Crippen LogP contribution in [0.1, 0.15) is 91.7 Å². The monoisotopic (exact) mass is 555 g/mol. The molecule has 2 aromatic heterocycles. The fourth-order valence-corrected chi connectivity index (χ4v) is 17.9. The molecule has 1 saturated carbocycles. The molecule has 3 heteroatoms. The Balaban J connectivity index is 1.76. The van der Waals surface area contributed by atoms with E-state index >= 15 is 0 Å². The highest BCUT2D eigenvalue weighted by Crippen LogP contribution is 2.47. The zero-order valence-electron chi connectivity index (χ0n) is 25.7. The molecule has 0 radical (unpaired) electrons. The summed E-state index contributed by atoms with van der Waals surface area (Å²) in [5.41, 5.74) is 6.44. The molecule has 1 aliphatic carbocycles. The molecule has 5 rings (SSSR count). The Morgan fingerprint density at radius 3 is 2.21 bits per heavy atom. The third kappa shape index (κ3) is 5.51. The molecule has 208 valence electrons. The fourth-order valence-electron chi connectivity index (χ4n) is 7.80. The number of aryl methyl sites for hydroxylation is 1. The summed E-state index contributed by atoms with van der Waals surface area (Å²) >= 11 is 2.15. The maximum absolute atomic E-state index is 5.10. The summed E-state index contributed by atoms with van der Waals surface area (Å²) < 4.78 is 3.22. The predicted octanol–water partition coefficient (Wildman–Crippen LogP) is 11.0. The van der Waals surface area contributed by atoms with E-state index in [4.69, 9.17) is 4.98 Å². The molecule has 1 fully saturated rings. The van der Waals surface area contributed by atoms with Crippen LogP contribution in [0.2, 0.25) is 17.6 Å². The van der Waals surface area contributed by atoms with Crippen LogP contribution in [0, 0.1) is 18.8 Å². The van der Waals surface area contributed by atoms with E-state index in [-0.39, 0.29) is 5.41 Å². The van der Waals surface area contributed by atoms with E-state index in [0.717, 1.165) is 17.4 Å². The molecule has 1 aliphatic rings. The summed E-state index contributed by atoms with van der Waals surface area (Å²) in [4.78, 5) is 5.10. The molecule has 1 nitrogen and oxygen atoms in total. The Morgan fingerprint density at radius 2 is 1.56 bits per heavy atom. The van der Waals surface area contributed by atoms with Crippen LogP contribution in [0.15, 0.2) is 48.7 Å². The second-order valence-corrected chi connectivity index (χ2v) is 20.1. The van der Waals surface area contributed by atoms with Crippen molar-refractivity contribution in [3.63, 3.8) is 0 Å². The Morgan fingerprint density at radius 1 is 0.897 bits per heavy atom. The van der Waals surface area contributed by atoms with Crippen LogP contribution in [-0.2, 0) is 5.41 Å². The maximum atomic E-state index is 5.10. The molecule has 0 N–H and O–H groups in total. The van der Waals surface area contributed by atoms with Gasteiger partial charge in [0.15, 0.2) is 0 Å². The number of fused-ring (bicyclic) bond motifs is 2. The van der Waals surface area contributed by atoms with E-state index in [2.05, 4.69) is 115 Å². The lowest BCUT2D eigenvalue weighted by molar-refractivity contribution is 0.483. The Kier molecular flexibility index (Phi) is 8.15. The van der Waals surface area contributed by atoms with Gasteiger partial charge in [-0.2, -0.15) is 0 Å². The highest BCUT2D eigenvalue weighted by Gasteiger charge is 2.46. The molecule has 4 aromatic rings. The van der Waals surface area contributed by atoms with Crippen LogP contribution in [0.4, 0.5) is 0 Å². The number of rotatable bonds is 7. The van der Waals surface area contributed by atoms with Gasteiger partial charge in [0.25, 0.3) is 0 Å². The van der Waals surface area contributed by atoms with E-state index in [1.165, 1.54) is 81.9 Å². The van der Waals surface area contributed by atoms with E-state index < -0.39 is 8.07 Å². The third-order valence-electron chi connectivity index (χ3n) is 9.18. The van der Waals surface area contributed by atoms with Gasteiger partial charge in [0.2, 0.25) is 0 Å². The van der Waals surface area contributed by atoms with Gasteiger partial charge < -0.3 is 0 Å². The number of pyridine rings is 1. The highest BCUT2D eigenvalue weighted by atomic mass is 32.1. The number of thiophene rings is 1. The molecule has 0 bridgehead atoms. The van der Waals surface area contributed by atoms with Crippen molar-refractivity contribution in [2.75, 3.05) is 0 Å². The minimum atomic E-state index is -1.74. The van der Waals surface area contributed by atoms with E-state index in [0.29, 0.717) is 0 Å². The molecule has 0 saturated heterocycles. The first kappa shape index (κ1) is 28.6. The van der Waals surface area contributed by atoms with Gasteiger partial charge in [-0.1, -0.05) is 105 Å². The quantitative estimate of drug-likeness (QED) is 0.207. The first-order valence-electron chi connectivity index (χ1n) is 15.4. The number of hydrogen-bond donors (Lipinski definition) is 0. The largest absolute Gasteiger partial charge is 0.255 e. The van der Waals surface area contributed by atoms with Crippen LogP contribution in [0.5, 0.6) is 0 Å². The van der Waals surface area contributed by atoms with Crippen LogP contribution >= 0.6 is 11.3 Å². The topological polar surface area (TPSA) is 12.9 Å². The minimum absolute atomic E-state index is 0.0671. The van der Waals surface area contributed by atoms with Crippen molar-refractivity contribution >= 4 is 44.8 Å². The number of hydrogen-bond acceptors (Lipinski definition) is 2. The number of benzene rings is 2. The van der Waals surface area contributed by atoms with Crippen molar-refractivity contribution < 1.29 is 0 Å². The first-order valence-corrected chi connectivity index (χ1v) is 18.7. The highest BCUT2D eigenvalue weighted by molar-refractivity contribution is 7.32. The minimum Gasteiger partial charge on any atom is -0.255 e. The molecule has 0 spiro atoms. The maximum Gasteiger partial charge on any atom is 0.103 e. The third-order valence-corrected chi connectivity index (χ3v) is 18.3. The van der Waals surface area contributed by atoms with E-state index in [1.807, 2.05) is 0 Å². The molecule has 2 aromatic carbocycles. The average molecular weight is 556 g/mol. The lowest BCUT2D eigenvalue weighted by atomic mass is 9.82. The van der Waals surface area contributed by atoms with Gasteiger partial charge >= 0.3 is 0 Å². The van der Waals surface area contributed by atoms with Crippen molar-refractivity contribution in [2.24, 2.45) is 11.8 Å². The van der Waals surface area contributed by atoms with Gasteiger partial charge in [0.05, 0.1) is 10.4 Å². The Labute approximate surface area is 242 Å². The second kappa shape index (κ2) is 11.1. The fraction of sp³-hybridized carbons (Fsp3) is 0.528. The van der Waals surface area contributed by atoms with Crippen molar-refractivity contribution in [3.8, 4) is 11.3 Å². The van der Waals surface area contributed by atoms with Gasteiger partial charge in [-0.15, -0.1) is 11.3 Å². The molecular formula is C36H49NSSi. The lowest BCUT2D eigenvalue weighted by Gasteiger charge is -2.43. The molecule has 0 atom stereocenters. The van der Waals surface area contributed by atoms with Crippen molar-refractivity contribution in [2.45, 2.75) is 111 Å². The SMILES string of the molecule is Cc1c([Si](CC(C)C)(CC(C)C)C2CCCCC2)sc2c(-c3cc(C(C)(C)C)c4ccccc4c3)nccc12. The summed E-state index contributed by atoms with van der Waals surface area (Å²) in [6.45, 7) is 19.4. The molecule has 2 heterocycles. The second-order valence-electron chi connectivity index (χ2n) is 14.3. The summed E-state index contributed by atoms with van der Waals surface area (Å²) in [6, 6.07) is 18.9. The van der Waals surface area contributed by atoms with Gasteiger partial charge in [-0.3, -0.25) is 4.98 Å². The van der Waals surface area contributed by atoms with Crippen molar-refractivity contribution in [1.29, 1.82) is 0 Å². The Hall–Kier alpha value is -1.97. The van der Waals surface area contributed by atoms with Gasteiger partial charge in [0, 0.05) is 11.8 Å². The average Bonchev–Trinajstić information content (AvgIpc) is 3.24. The predicted molar refractivity (Wildman–Crippen MR) is 178 cm³/mol. The summed E-state index contributed by atoms with van der Waals surface area (Å²) in [7, 11) is -1.74. The van der Waals surface area contributed by atoms with Gasteiger partial charge in [0.1, 0.15) is 8.07 Å². The molecule has 39 heavy (non-hydrogen) atoms. The van der Waals surface area contributed by atoms with Gasteiger partial charge in [-0.25, -0.2) is 0 Å². The van der Waals surface area contributed by atoms with Crippen LogP contribution < -0.4 is 4.50 Å². The first-order chi connectivity index (χ1) is 18.5. The zero-order valence-corrected chi connectivity index (χ0v) is 27.5. The number of nitrogens with zero attached hydrogens (tertiary/aromatic N) is 1. The van der Waals surface area contributed by atoms with Crippen molar-refractivity contribution in [3.05, 3.63) is 59.8 Å². The molecule has 0 unspecified atom stereocenters. The lowest BCUT2D eigenvalue weighted by Crippen LogP contribution is -2.53. The smallest absolute Gasteiger partial charge is 0.103 e. The van der Waals surface area contributed by atoms with E-state index in [9.17, 15) is 0 Å². The van der Waals surface area contributed by atoms with Crippen LogP contribution in [-0.4, -0.2) is 13.1 Å². The number of aromatic nitrogens is 1. The van der Waals surface area contributed by atoms with E-state index in [1.54, 1.807) is 10.1 Å². The summed E-state index contributed by atoms with van der Waals surface area (Å²) in [5, 5.41) is 4.13. The Bertz CT molecular complexity index is 1440. The summed E-state index contributed by atoms with van der Waals surface area (Å²) in [6.07, 6.45) is 9.26. The zero-order chi connectivity index (χ0) is 27.9. The van der Waals surface area contributed by atoms with Crippen molar-refractivity contribution in [1.82, 2.24) is 4.98 Å².